The third-order valence-electron chi connectivity index (χ3n) is 2.47. The lowest BCUT2D eigenvalue weighted by molar-refractivity contribution is 0.102. The van der Waals surface area contributed by atoms with Gasteiger partial charge in [-0.25, -0.2) is 4.98 Å². The predicted molar refractivity (Wildman–Crippen MR) is 79.5 cm³/mol. The maximum atomic E-state index is 12.0. The van der Waals surface area contributed by atoms with E-state index < -0.39 is 0 Å². The monoisotopic (exact) mass is 333 g/mol. The van der Waals surface area contributed by atoms with Crippen molar-refractivity contribution in [2.45, 2.75) is 0 Å². The van der Waals surface area contributed by atoms with Crippen LogP contribution in [0.2, 0.25) is 0 Å². The molecule has 0 saturated carbocycles. The Labute approximate surface area is 121 Å². The van der Waals surface area contributed by atoms with E-state index in [1.807, 2.05) is 24.3 Å². The van der Waals surface area contributed by atoms with E-state index in [9.17, 15) is 4.79 Å². The number of benzene rings is 1. The summed E-state index contributed by atoms with van der Waals surface area (Å²) in [6.45, 7) is 0. The molecule has 3 rings (SSSR count). The lowest BCUT2D eigenvalue weighted by atomic mass is 10.2. The summed E-state index contributed by atoms with van der Waals surface area (Å²) in [7, 11) is 0. The SMILES string of the molecule is O=C(Nc1nc2ncc(Br)cc2s1)c1ccccc1. The smallest absolute Gasteiger partial charge is 0.257 e. The van der Waals surface area contributed by atoms with Gasteiger partial charge in [-0.3, -0.25) is 10.1 Å². The second-order valence-electron chi connectivity index (χ2n) is 3.81. The van der Waals surface area contributed by atoms with Crippen molar-refractivity contribution in [3.8, 4) is 0 Å². The zero-order valence-electron chi connectivity index (χ0n) is 9.63. The van der Waals surface area contributed by atoms with Crippen LogP contribution in [-0.2, 0) is 0 Å². The predicted octanol–water partition coefficient (Wildman–Crippen LogP) is 3.71. The van der Waals surface area contributed by atoms with Gasteiger partial charge in [-0.15, -0.1) is 0 Å². The molecule has 19 heavy (non-hydrogen) atoms. The van der Waals surface area contributed by atoms with Crippen LogP contribution in [0.3, 0.4) is 0 Å². The van der Waals surface area contributed by atoms with Crippen molar-refractivity contribution in [1.82, 2.24) is 9.97 Å². The molecule has 0 aliphatic heterocycles. The Balaban J connectivity index is 1.87. The first-order valence-corrected chi connectivity index (χ1v) is 7.12. The molecule has 0 atom stereocenters. The molecule has 6 heteroatoms. The van der Waals surface area contributed by atoms with Crippen LogP contribution in [0.15, 0.2) is 47.1 Å². The van der Waals surface area contributed by atoms with Crippen LogP contribution in [0.1, 0.15) is 10.4 Å². The van der Waals surface area contributed by atoms with Gasteiger partial charge in [-0.2, -0.15) is 4.98 Å². The Morgan fingerprint density at radius 1 is 1.26 bits per heavy atom. The number of pyridine rings is 1. The molecule has 0 saturated heterocycles. The Morgan fingerprint density at radius 3 is 2.84 bits per heavy atom. The number of fused-ring (bicyclic) bond motifs is 1. The fourth-order valence-corrected chi connectivity index (χ4v) is 2.95. The molecule has 0 aliphatic carbocycles. The maximum absolute atomic E-state index is 12.0. The molecule has 1 amide bonds. The summed E-state index contributed by atoms with van der Waals surface area (Å²) in [6.07, 6.45) is 1.69. The van der Waals surface area contributed by atoms with E-state index in [2.05, 4.69) is 31.2 Å². The van der Waals surface area contributed by atoms with Gasteiger partial charge in [0, 0.05) is 16.2 Å². The molecule has 1 N–H and O–H groups in total. The van der Waals surface area contributed by atoms with Crippen molar-refractivity contribution in [1.29, 1.82) is 0 Å². The van der Waals surface area contributed by atoms with Gasteiger partial charge >= 0.3 is 0 Å². The molecule has 0 spiro atoms. The summed E-state index contributed by atoms with van der Waals surface area (Å²) in [4.78, 5) is 20.4. The first kappa shape index (κ1) is 12.3. The highest BCUT2D eigenvalue weighted by molar-refractivity contribution is 9.10. The summed E-state index contributed by atoms with van der Waals surface area (Å²) in [5.41, 5.74) is 1.24. The van der Waals surface area contributed by atoms with Gasteiger partial charge in [0.05, 0.1) is 4.70 Å². The van der Waals surface area contributed by atoms with Crippen molar-refractivity contribution in [2.75, 3.05) is 5.32 Å². The number of carbonyl (C=O) groups excluding carboxylic acids is 1. The quantitative estimate of drug-likeness (QED) is 0.777. The van der Waals surface area contributed by atoms with Crippen LogP contribution in [0, 0.1) is 0 Å². The van der Waals surface area contributed by atoms with Crippen LogP contribution in [0.5, 0.6) is 0 Å². The minimum Gasteiger partial charge on any atom is -0.298 e. The van der Waals surface area contributed by atoms with Crippen LogP contribution in [0.25, 0.3) is 10.3 Å². The minimum atomic E-state index is -0.168. The summed E-state index contributed by atoms with van der Waals surface area (Å²) < 4.78 is 1.82. The average molecular weight is 334 g/mol. The van der Waals surface area contributed by atoms with Gasteiger partial charge in [0.2, 0.25) is 0 Å². The molecule has 0 aliphatic rings. The second kappa shape index (κ2) is 5.07. The van der Waals surface area contributed by atoms with Crippen molar-refractivity contribution >= 4 is 48.7 Å². The molecule has 2 aromatic heterocycles. The topological polar surface area (TPSA) is 54.9 Å². The van der Waals surface area contributed by atoms with E-state index in [0.29, 0.717) is 16.3 Å². The lowest BCUT2D eigenvalue weighted by Crippen LogP contribution is -2.11. The summed E-state index contributed by atoms with van der Waals surface area (Å²) in [5.74, 6) is -0.168. The van der Waals surface area contributed by atoms with Crippen LogP contribution >= 0.6 is 27.3 Å². The summed E-state index contributed by atoms with van der Waals surface area (Å²) >= 11 is 4.76. The summed E-state index contributed by atoms with van der Waals surface area (Å²) in [5, 5.41) is 3.33. The van der Waals surface area contributed by atoms with Gasteiger partial charge in [-0.05, 0) is 34.1 Å². The standard InChI is InChI=1S/C13H8BrN3OS/c14-9-6-10-11(15-7-9)16-13(19-10)17-12(18)8-4-2-1-3-5-8/h1-7H,(H,15,16,17,18). The first-order chi connectivity index (χ1) is 9.22. The molecule has 0 fully saturated rings. The maximum Gasteiger partial charge on any atom is 0.257 e. The number of hydrogen-bond donors (Lipinski definition) is 1. The highest BCUT2D eigenvalue weighted by atomic mass is 79.9. The van der Waals surface area contributed by atoms with Gasteiger partial charge in [0.1, 0.15) is 0 Å². The fourth-order valence-electron chi connectivity index (χ4n) is 1.61. The van der Waals surface area contributed by atoms with E-state index in [-0.39, 0.29) is 5.91 Å². The normalized spacial score (nSPS) is 10.6. The molecule has 3 aromatic rings. The zero-order chi connectivity index (χ0) is 13.2. The van der Waals surface area contributed by atoms with E-state index in [0.717, 1.165) is 9.17 Å². The number of nitrogens with zero attached hydrogens (tertiary/aromatic N) is 2. The number of halogens is 1. The number of aromatic nitrogens is 2. The number of nitrogens with one attached hydrogen (secondary N) is 1. The average Bonchev–Trinajstić information content (AvgIpc) is 2.81. The third kappa shape index (κ3) is 2.64. The van der Waals surface area contributed by atoms with Crippen molar-refractivity contribution < 1.29 is 4.79 Å². The van der Waals surface area contributed by atoms with E-state index in [4.69, 9.17) is 0 Å². The lowest BCUT2D eigenvalue weighted by Gasteiger charge is -1.99. The first-order valence-electron chi connectivity index (χ1n) is 5.51. The van der Waals surface area contributed by atoms with E-state index in [1.165, 1.54) is 11.3 Å². The van der Waals surface area contributed by atoms with E-state index in [1.54, 1.807) is 18.3 Å². The number of hydrogen-bond acceptors (Lipinski definition) is 4. The molecular formula is C13H8BrN3OS. The van der Waals surface area contributed by atoms with Crippen molar-refractivity contribution in [3.05, 3.63) is 52.6 Å². The Bertz CT molecular complexity index is 742. The van der Waals surface area contributed by atoms with Crippen molar-refractivity contribution in [2.24, 2.45) is 0 Å². The second-order valence-corrected chi connectivity index (χ2v) is 5.76. The largest absolute Gasteiger partial charge is 0.298 e. The van der Waals surface area contributed by atoms with Gasteiger partial charge in [0.15, 0.2) is 10.8 Å². The molecule has 0 radical (unpaired) electrons. The minimum absolute atomic E-state index is 0.168. The third-order valence-corrected chi connectivity index (χ3v) is 3.81. The van der Waals surface area contributed by atoms with Crippen LogP contribution in [-0.4, -0.2) is 15.9 Å². The Hall–Kier alpha value is -1.79. The number of amides is 1. The molecular weight excluding hydrogens is 326 g/mol. The number of thiazole rings is 1. The Kier molecular flexibility index (Phi) is 3.27. The van der Waals surface area contributed by atoms with Crippen molar-refractivity contribution in [3.63, 3.8) is 0 Å². The zero-order valence-corrected chi connectivity index (χ0v) is 12.0. The number of carbonyl (C=O) groups is 1. The molecule has 4 nitrogen and oxygen atoms in total. The van der Waals surface area contributed by atoms with Gasteiger partial charge in [0.25, 0.3) is 5.91 Å². The molecule has 94 valence electrons. The highest BCUT2D eigenvalue weighted by Gasteiger charge is 2.10. The van der Waals surface area contributed by atoms with Crippen LogP contribution < -0.4 is 5.32 Å². The highest BCUT2D eigenvalue weighted by Crippen LogP contribution is 2.26. The van der Waals surface area contributed by atoms with E-state index >= 15 is 0 Å². The molecule has 0 bridgehead atoms. The van der Waals surface area contributed by atoms with Gasteiger partial charge in [-0.1, -0.05) is 29.5 Å². The summed E-state index contributed by atoms with van der Waals surface area (Å²) in [6, 6.07) is 11.0. The fraction of sp³-hybridized carbons (Fsp3) is 0. The molecule has 2 heterocycles. The Morgan fingerprint density at radius 2 is 2.05 bits per heavy atom. The number of rotatable bonds is 2. The molecule has 1 aromatic carbocycles. The van der Waals surface area contributed by atoms with Gasteiger partial charge < -0.3 is 0 Å². The number of anilines is 1. The van der Waals surface area contributed by atoms with Crippen LogP contribution in [0.4, 0.5) is 5.13 Å². The molecule has 0 unspecified atom stereocenters.